The molecule has 0 aliphatic carbocycles. The first-order valence-electron chi connectivity index (χ1n) is 5.75. The number of thiazole rings is 1. The van der Waals surface area contributed by atoms with E-state index in [1.54, 1.807) is 17.4 Å². The minimum absolute atomic E-state index is 0.110. The zero-order valence-corrected chi connectivity index (χ0v) is 11.5. The lowest BCUT2D eigenvalue weighted by molar-refractivity contribution is 0.618. The third-order valence-electron chi connectivity index (χ3n) is 2.94. The first-order valence-corrected chi connectivity index (χ1v) is 7.01. The topological polar surface area (TPSA) is 43.3 Å². The summed E-state index contributed by atoms with van der Waals surface area (Å²) in [5, 5.41) is 2.08. The fourth-order valence-corrected chi connectivity index (χ4v) is 2.80. The van der Waals surface area contributed by atoms with Gasteiger partial charge in [0.05, 0.1) is 10.7 Å². The van der Waals surface area contributed by atoms with Crippen molar-refractivity contribution in [2.45, 2.75) is 12.5 Å². The van der Waals surface area contributed by atoms with E-state index in [0.29, 0.717) is 6.42 Å². The van der Waals surface area contributed by atoms with Crippen molar-refractivity contribution in [3.63, 3.8) is 0 Å². The highest BCUT2D eigenvalue weighted by Gasteiger charge is 2.12. The van der Waals surface area contributed by atoms with Gasteiger partial charge in [-0.05, 0) is 17.7 Å². The first-order chi connectivity index (χ1) is 9.13. The second kappa shape index (κ2) is 4.92. The van der Waals surface area contributed by atoms with E-state index in [0.717, 1.165) is 16.2 Å². The number of nitrogens with zero attached hydrogens (tertiary/aromatic N) is 2. The number of hydrogen-bond acceptors (Lipinski definition) is 3. The van der Waals surface area contributed by atoms with E-state index in [9.17, 15) is 4.39 Å². The van der Waals surface area contributed by atoms with Crippen molar-refractivity contribution in [1.82, 2.24) is 9.38 Å². The molecule has 1 aromatic carbocycles. The molecular formula is C13H11ClFN3S. The Bertz CT molecular complexity index is 693. The van der Waals surface area contributed by atoms with Gasteiger partial charge in [-0.3, -0.25) is 4.40 Å². The molecule has 19 heavy (non-hydrogen) atoms. The van der Waals surface area contributed by atoms with Crippen molar-refractivity contribution < 1.29 is 4.39 Å². The highest BCUT2D eigenvalue weighted by molar-refractivity contribution is 7.15. The van der Waals surface area contributed by atoms with E-state index in [1.165, 1.54) is 12.1 Å². The average molecular weight is 296 g/mol. The van der Waals surface area contributed by atoms with E-state index in [4.69, 9.17) is 17.3 Å². The number of aromatic nitrogens is 2. The van der Waals surface area contributed by atoms with Crippen LogP contribution in [0.5, 0.6) is 0 Å². The summed E-state index contributed by atoms with van der Waals surface area (Å²) in [6.45, 7) is 0. The summed E-state index contributed by atoms with van der Waals surface area (Å²) in [5.74, 6) is -0.444. The molecule has 3 rings (SSSR count). The molecule has 0 bridgehead atoms. The van der Waals surface area contributed by atoms with Gasteiger partial charge in [0.1, 0.15) is 5.82 Å². The van der Waals surface area contributed by atoms with Gasteiger partial charge in [-0.25, -0.2) is 9.37 Å². The highest BCUT2D eigenvalue weighted by atomic mass is 35.5. The Morgan fingerprint density at radius 2 is 2.32 bits per heavy atom. The SMILES string of the molecule is NC(Cc1cn2ccsc2n1)c1ccc(Cl)c(F)c1. The van der Waals surface area contributed by atoms with Crippen LogP contribution in [0.2, 0.25) is 5.02 Å². The quantitative estimate of drug-likeness (QED) is 0.804. The van der Waals surface area contributed by atoms with Crippen LogP contribution in [0.1, 0.15) is 17.3 Å². The Hall–Kier alpha value is -1.43. The molecule has 0 saturated heterocycles. The molecule has 2 N–H and O–H groups in total. The van der Waals surface area contributed by atoms with Crippen LogP contribution < -0.4 is 5.73 Å². The van der Waals surface area contributed by atoms with Crippen molar-refractivity contribution in [2.24, 2.45) is 5.73 Å². The van der Waals surface area contributed by atoms with Gasteiger partial charge >= 0.3 is 0 Å². The van der Waals surface area contributed by atoms with Crippen LogP contribution in [0, 0.1) is 5.82 Å². The molecule has 6 heteroatoms. The number of nitrogens with two attached hydrogens (primary N) is 1. The fraction of sp³-hybridized carbons (Fsp3) is 0.154. The van der Waals surface area contributed by atoms with Gasteiger partial charge in [0.25, 0.3) is 0 Å². The lowest BCUT2D eigenvalue weighted by atomic mass is 10.0. The van der Waals surface area contributed by atoms with Crippen LogP contribution in [-0.4, -0.2) is 9.38 Å². The average Bonchev–Trinajstić information content (AvgIpc) is 2.93. The predicted molar refractivity (Wildman–Crippen MR) is 75.1 cm³/mol. The maximum Gasteiger partial charge on any atom is 0.193 e. The summed E-state index contributed by atoms with van der Waals surface area (Å²) in [6.07, 6.45) is 4.46. The molecule has 0 spiro atoms. The summed E-state index contributed by atoms with van der Waals surface area (Å²) in [5.41, 5.74) is 7.70. The van der Waals surface area contributed by atoms with E-state index < -0.39 is 5.82 Å². The second-order valence-electron chi connectivity index (χ2n) is 4.31. The van der Waals surface area contributed by atoms with E-state index in [-0.39, 0.29) is 11.1 Å². The van der Waals surface area contributed by atoms with Crippen molar-refractivity contribution in [1.29, 1.82) is 0 Å². The summed E-state index contributed by atoms with van der Waals surface area (Å²) in [6, 6.07) is 4.36. The van der Waals surface area contributed by atoms with Gasteiger partial charge in [0.15, 0.2) is 4.96 Å². The van der Waals surface area contributed by atoms with Gasteiger partial charge in [-0.1, -0.05) is 17.7 Å². The number of benzene rings is 1. The number of hydrogen-bond donors (Lipinski definition) is 1. The van der Waals surface area contributed by atoms with Crippen LogP contribution in [0.25, 0.3) is 4.96 Å². The monoisotopic (exact) mass is 295 g/mol. The molecule has 0 radical (unpaired) electrons. The molecule has 1 atom stereocenters. The van der Waals surface area contributed by atoms with E-state index in [2.05, 4.69) is 4.98 Å². The first kappa shape index (κ1) is 12.6. The smallest absolute Gasteiger partial charge is 0.193 e. The number of halogens is 2. The van der Waals surface area contributed by atoms with Gasteiger partial charge in [0, 0.05) is 30.2 Å². The predicted octanol–water partition coefficient (Wildman–Crippen LogP) is 3.43. The lowest BCUT2D eigenvalue weighted by Gasteiger charge is -2.10. The third-order valence-corrected chi connectivity index (χ3v) is 4.02. The minimum atomic E-state index is -0.444. The Balaban J connectivity index is 1.82. The molecule has 0 saturated carbocycles. The van der Waals surface area contributed by atoms with Gasteiger partial charge in [-0.2, -0.15) is 0 Å². The van der Waals surface area contributed by atoms with Gasteiger partial charge in [-0.15, -0.1) is 11.3 Å². The Morgan fingerprint density at radius 3 is 3.05 bits per heavy atom. The maximum atomic E-state index is 13.4. The van der Waals surface area contributed by atoms with Gasteiger partial charge < -0.3 is 5.73 Å². The van der Waals surface area contributed by atoms with Gasteiger partial charge in [0.2, 0.25) is 0 Å². The van der Waals surface area contributed by atoms with E-state index in [1.807, 2.05) is 22.2 Å². The van der Waals surface area contributed by atoms with Crippen LogP contribution in [0.3, 0.4) is 0 Å². The molecule has 2 heterocycles. The van der Waals surface area contributed by atoms with Crippen LogP contribution in [0.4, 0.5) is 4.39 Å². The molecule has 2 aromatic heterocycles. The Morgan fingerprint density at radius 1 is 1.47 bits per heavy atom. The highest BCUT2D eigenvalue weighted by Crippen LogP contribution is 2.22. The number of fused-ring (bicyclic) bond motifs is 1. The molecule has 98 valence electrons. The lowest BCUT2D eigenvalue weighted by Crippen LogP contribution is -2.13. The fourth-order valence-electron chi connectivity index (χ4n) is 1.96. The van der Waals surface area contributed by atoms with Crippen LogP contribution in [0.15, 0.2) is 36.0 Å². The molecule has 0 fully saturated rings. The molecule has 0 aliphatic rings. The normalized spacial score (nSPS) is 13.0. The number of rotatable bonds is 3. The van der Waals surface area contributed by atoms with Crippen molar-refractivity contribution in [2.75, 3.05) is 0 Å². The standard InChI is InChI=1S/C13H11ClFN3S/c14-10-2-1-8(5-11(10)15)12(16)6-9-7-18-3-4-19-13(18)17-9/h1-5,7,12H,6,16H2. The molecule has 3 nitrogen and oxygen atoms in total. The summed E-state index contributed by atoms with van der Waals surface area (Å²) < 4.78 is 15.3. The van der Waals surface area contributed by atoms with Crippen LogP contribution in [-0.2, 0) is 6.42 Å². The van der Waals surface area contributed by atoms with Crippen molar-refractivity contribution in [3.05, 3.63) is 58.1 Å². The summed E-state index contributed by atoms with van der Waals surface area (Å²) in [7, 11) is 0. The zero-order valence-electron chi connectivity index (χ0n) is 9.88. The molecule has 3 aromatic rings. The molecule has 1 unspecified atom stereocenters. The Labute approximate surface area is 118 Å². The summed E-state index contributed by atoms with van der Waals surface area (Å²) in [4.78, 5) is 5.39. The maximum absolute atomic E-state index is 13.4. The minimum Gasteiger partial charge on any atom is -0.324 e. The second-order valence-corrected chi connectivity index (χ2v) is 5.59. The zero-order chi connectivity index (χ0) is 13.4. The molecule has 0 aliphatic heterocycles. The molecular weight excluding hydrogens is 285 g/mol. The molecule has 0 amide bonds. The van der Waals surface area contributed by atoms with Crippen molar-refractivity contribution >= 4 is 27.9 Å². The van der Waals surface area contributed by atoms with E-state index >= 15 is 0 Å². The summed E-state index contributed by atoms with van der Waals surface area (Å²) >= 11 is 7.22. The van der Waals surface area contributed by atoms with Crippen LogP contribution >= 0.6 is 22.9 Å². The third kappa shape index (κ3) is 2.49. The number of imidazole rings is 1. The largest absolute Gasteiger partial charge is 0.324 e. The van der Waals surface area contributed by atoms with Crippen molar-refractivity contribution in [3.8, 4) is 0 Å². The Kier molecular flexibility index (Phi) is 3.26.